The molecule has 10 heteroatoms. The molecule has 3 aromatic rings. The van der Waals surface area contributed by atoms with E-state index in [0.717, 1.165) is 0 Å². The highest BCUT2D eigenvalue weighted by atomic mass is 35.5. The van der Waals surface area contributed by atoms with E-state index in [2.05, 4.69) is 20.6 Å². The molecule has 34 heavy (non-hydrogen) atoms. The van der Waals surface area contributed by atoms with Gasteiger partial charge in [0.2, 0.25) is 5.95 Å². The summed E-state index contributed by atoms with van der Waals surface area (Å²) in [6.45, 7) is 1.11. The highest BCUT2D eigenvalue weighted by Gasteiger charge is 2.31. The number of nitrogen functional groups attached to an aromatic ring is 1. The molecule has 1 amide bonds. The second-order valence-electron chi connectivity index (χ2n) is 7.97. The van der Waals surface area contributed by atoms with Crippen molar-refractivity contribution in [2.75, 3.05) is 18.8 Å². The highest BCUT2D eigenvalue weighted by molar-refractivity contribution is 6.33. The quantitative estimate of drug-likeness (QED) is 0.377. The predicted octanol–water partition coefficient (Wildman–Crippen LogP) is 2.24. The number of nitrogens with one attached hydrogen (secondary N) is 2. The number of aromatic nitrogens is 2. The molecule has 2 heterocycles. The molecule has 0 aliphatic carbocycles. The molecule has 1 aliphatic heterocycles. The first-order valence-corrected chi connectivity index (χ1v) is 11.0. The number of nitrogens with zero attached hydrogens (tertiary/aromatic N) is 2. The smallest absolute Gasteiger partial charge is 0.270 e. The molecule has 1 fully saturated rings. The number of nitrogens with two attached hydrogens (primary N) is 1. The van der Waals surface area contributed by atoms with Gasteiger partial charge in [-0.15, -0.1) is 0 Å². The fourth-order valence-corrected chi connectivity index (χ4v) is 4.05. The summed E-state index contributed by atoms with van der Waals surface area (Å²) >= 11 is 5.89. The van der Waals surface area contributed by atoms with E-state index in [1.54, 1.807) is 30.3 Å². The molecule has 5 N–H and O–H groups in total. The Labute approximate surface area is 200 Å². The molecule has 1 aromatic heterocycles. The Morgan fingerprint density at radius 1 is 1.09 bits per heavy atom. The van der Waals surface area contributed by atoms with Crippen molar-refractivity contribution in [2.45, 2.75) is 12.5 Å². The van der Waals surface area contributed by atoms with Crippen LogP contribution >= 0.6 is 11.6 Å². The van der Waals surface area contributed by atoms with Crippen LogP contribution in [0.5, 0.6) is 5.75 Å². The van der Waals surface area contributed by atoms with Crippen molar-refractivity contribution < 1.29 is 19.5 Å². The van der Waals surface area contributed by atoms with Gasteiger partial charge < -0.3 is 21.5 Å². The van der Waals surface area contributed by atoms with Crippen molar-refractivity contribution in [1.82, 2.24) is 20.6 Å². The average Bonchev–Trinajstić information content (AvgIpc) is 3.26. The van der Waals surface area contributed by atoms with Crippen molar-refractivity contribution in [1.29, 1.82) is 0 Å². The molecule has 174 valence electrons. The monoisotopic (exact) mass is 479 g/mol. The lowest BCUT2D eigenvalue weighted by Crippen LogP contribution is -2.41. The van der Waals surface area contributed by atoms with Gasteiger partial charge in [0.1, 0.15) is 11.4 Å². The number of anilines is 1. The first-order valence-electron chi connectivity index (χ1n) is 10.6. The Bertz CT molecular complexity index is 1250. The third-order valence-electron chi connectivity index (χ3n) is 5.71. The van der Waals surface area contributed by atoms with Gasteiger partial charge in [0.15, 0.2) is 11.6 Å². The van der Waals surface area contributed by atoms with Crippen LogP contribution in [0.3, 0.4) is 0 Å². The molecule has 2 aromatic carbocycles. The molecule has 0 spiro atoms. The summed E-state index contributed by atoms with van der Waals surface area (Å²) < 4.78 is 0. The molecule has 2 atom stereocenters. The highest BCUT2D eigenvalue weighted by Crippen LogP contribution is 2.29. The maximum atomic E-state index is 12.9. The number of rotatable bonds is 7. The van der Waals surface area contributed by atoms with Crippen molar-refractivity contribution in [2.24, 2.45) is 5.92 Å². The van der Waals surface area contributed by atoms with Crippen LogP contribution in [0.1, 0.15) is 43.2 Å². The number of amides is 1. The largest absolute Gasteiger partial charge is 0.506 e. The number of Topliss-reactive ketones (excluding diaryl/α,β-unsaturated/α-hetero) is 1. The second kappa shape index (κ2) is 9.98. The second-order valence-corrected chi connectivity index (χ2v) is 8.38. The van der Waals surface area contributed by atoms with E-state index in [1.165, 1.54) is 24.4 Å². The topological polar surface area (TPSA) is 147 Å². The number of para-hydroxylation sites is 1. The van der Waals surface area contributed by atoms with Gasteiger partial charge in [-0.3, -0.25) is 14.4 Å². The molecule has 0 saturated carbocycles. The predicted molar refractivity (Wildman–Crippen MR) is 126 cm³/mol. The number of phenolic OH excluding ortho intramolecular Hbond substituents is 1. The third kappa shape index (κ3) is 5.05. The lowest BCUT2D eigenvalue weighted by molar-refractivity contribution is 0.0899. The molecular formula is C24H22ClN5O4. The Balaban J connectivity index is 1.40. The van der Waals surface area contributed by atoms with E-state index in [1.807, 2.05) is 0 Å². The number of hydrogen-bond acceptors (Lipinski definition) is 8. The van der Waals surface area contributed by atoms with Crippen molar-refractivity contribution in [3.8, 4) is 5.75 Å². The van der Waals surface area contributed by atoms with Gasteiger partial charge in [-0.05, 0) is 18.2 Å². The molecule has 0 unspecified atom stereocenters. The van der Waals surface area contributed by atoms with E-state index in [4.69, 9.17) is 17.3 Å². The van der Waals surface area contributed by atoms with E-state index >= 15 is 0 Å². The van der Waals surface area contributed by atoms with Gasteiger partial charge in [-0.1, -0.05) is 41.9 Å². The van der Waals surface area contributed by atoms with Crippen LogP contribution in [0, 0.1) is 5.92 Å². The summed E-state index contributed by atoms with van der Waals surface area (Å²) in [6.07, 6.45) is 1.62. The third-order valence-corrected chi connectivity index (χ3v) is 6.02. The normalized spacial score (nSPS) is 17.3. The summed E-state index contributed by atoms with van der Waals surface area (Å²) in [4.78, 5) is 45.8. The average molecular weight is 480 g/mol. The van der Waals surface area contributed by atoms with Crippen LogP contribution in [0.25, 0.3) is 0 Å². The van der Waals surface area contributed by atoms with Gasteiger partial charge in [-0.2, -0.15) is 0 Å². The molecule has 1 aliphatic rings. The Morgan fingerprint density at radius 3 is 2.56 bits per heavy atom. The van der Waals surface area contributed by atoms with Crippen molar-refractivity contribution in [3.63, 3.8) is 0 Å². The lowest BCUT2D eigenvalue weighted by atomic mass is 9.93. The zero-order chi connectivity index (χ0) is 24.2. The van der Waals surface area contributed by atoms with Gasteiger partial charge >= 0.3 is 0 Å². The van der Waals surface area contributed by atoms with Crippen LogP contribution in [-0.2, 0) is 0 Å². The number of phenols is 1. The number of hydrogen-bond donors (Lipinski definition) is 4. The number of ketones is 2. The van der Waals surface area contributed by atoms with E-state index < -0.39 is 5.78 Å². The van der Waals surface area contributed by atoms with Crippen molar-refractivity contribution >= 4 is 35.0 Å². The van der Waals surface area contributed by atoms with Gasteiger partial charge in [0, 0.05) is 48.8 Å². The summed E-state index contributed by atoms with van der Waals surface area (Å²) in [7, 11) is 0. The lowest BCUT2D eigenvalue weighted by Gasteiger charge is -2.19. The maximum absolute atomic E-state index is 12.9. The summed E-state index contributed by atoms with van der Waals surface area (Å²) in [5.41, 5.74) is 6.57. The molecular weight excluding hydrogens is 458 g/mol. The number of carbonyl (C=O) groups excluding carboxylic acids is 3. The minimum atomic E-state index is -0.396. The fourth-order valence-electron chi connectivity index (χ4n) is 3.88. The summed E-state index contributed by atoms with van der Waals surface area (Å²) in [5, 5.41) is 16.2. The Kier molecular flexibility index (Phi) is 6.85. The molecule has 9 nitrogen and oxygen atoms in total. The molecule has 1 saturated heterocycles. The van der Waals surface area contributed by atoms with Crippen LogP contribution in [0.2, 0.25) is 5.02 Å². The minimum absolute atomic E-state index is 0.0106. The zero-order valence-corrected chi connectivity index (χ0v) is 18.7. The van der Waals surface area contributed by atoms with Gasteiger partial charge in [-0.25, -0.2) is 9.97 Å². The van der Waals surface area contributed by atoms with Crippen LogP contribution in [0.4, 0.5) is 5.95 Å². The number of halogens is 1. The van der Waals surface area contributed by atoms with E-state index in [-0.39, 0.29) is 58.0 Å². The molecule has 4 rings (SSSR count). The molecule has 0 radical (unpaired) electrons. The first kappa shape index (κ1) is 23.3. The number of benzene rings is 2. The standard InChI is InChI=1S/C24H22ClN5O4/c25-17-3-1-2-16(22(17)33)21(32)14-6-4-13(5-7-14)20(31)10-15-11-27-12-19(15)29-23(34)18-8-9-28-24(26)30-18/h1-9,15,19,27,33H,10-12H2,(H,29,34)(H2,26,28,30)/t15-,19-/m1/s1. The Morgan fingerprint density at radius 2 is 1.82 bits per heavy atom. The maximum Gasteiger partial charge on any atom is 0.270 e. The number of aromatic hydroxyl groups is 1. The fraction of sp³-hybridized carbons (Fsp3) is 0.208. The number of carbonyl (C=O) groups is 3. The van der Waals surface area contributed by atoms with E-state index in [9.17, 15) is 19.5 Å². The van der Waals surface area contributed by atoms with Crippen molar-refractivity contribution in [3.05, 3.63) is 82.1 Å². The first-order chi connectivity index (χ1) is 16.3. The SMILES string of the molecule is Nc1nccc(C(=O)N[C@@H]2CNC[C@H]2CC(=O)c2ccc(C(=O)c3cccc(Cl)c3O)cc2)n1. The van der Waals surface area contributed by atoms with Crippen LogP contribution in [-0.4, -0.2) is 51.7 Å². The Hall–Kier alpha value is -3.82. The summed E-state index contributed by atoms with van der Waals surface area (Å²) in [5.74, 6) is -1.26. The molecule has 0 bridgehead atoms. The van der Waals surface area contributed by atoms with Crippen LogP contribution < -0.4 is 16.4 Å². The minimum Gasteiger partial charge on any atom is -0.506 e. The summed E-state index contributed by atoms with van der Waals surface area (Å²) in [6, 6.07) is 12.0. The zero-order valence-electron chi connectivity index (χ0n) is 18.0. The van der Waals surface area contributed by atoms with Gasteiger partial charge in [0.25, 0.3) is 5.91 Å². The van der Waals surface area contributed by atoms with Crippen LogP contribution in [0.15, 0.2) is 54.7 Å². The van der Waals surface area contributed by atoms with Gasteiger partial charge in [0.05, 0.1) is 10.6 Å². The van der Waals surface area contributed by atoms with E-state index in [0.29, 0.717) is 24.2 Å².